The number of thioether (sulfide) groups is 1. The number of fused-ring (bicyclic) bond motifs is 2. The first-order chi connectivity index (χ1) is 23.8. The molecule has 0 nitrogen and oxygen atoms in total. The van der Waals surface area contributed by atoms with Crippen molar-refractivity contribution in [2.75, 3.05) is 0 Å². The van der Waals surface area contributed by atoms with Gasteiger partial charge in [-0.25, -0.2) is 0 Å². The summed E-state index contributed by atoms with van der Waals surface area (Å²) in [5, 5.41) is 1.30. The van der Waals surface area contributed by atoms with E-state index in [-0.39, 0.29) is 0 Å². The van der Waals surface area contributed by atoms with Crippen LogP contribution < -0.4 is 0 Å². The molecule has 0 N–H and O–H groups in total. The minimum atomic E-state index is 1.06. The van der Waals surface area contributed by atoms with E-state index in [0.29, 0.717) is 0 Å². The summed E-state index contributed by atoms with van der Waals surface area (Å²) in [4.78, 5) is 3.88. The zero-order chi connectivity index (χ0) is 32.1. The minimum Gasteiger partial charge on any atom is -0.0888 e. The van der Waals surface area contributed by atoms with Crippen LogP contribution in [0.2, 0.25) is 0 Å². The molecule has 1 aliphatic carbocycles. The highest BCUT2D eigenvalue weighted by atomic mass is 32.2. The molecule has 2 heterocycles. The molecule has 5 aromatic carbocycles. The van der Waals surface area contributed by atoms with Gasteiger partial charge in [0.15, 0.2) is 0 Å². The van der Waals surface area contributed by atoms with Gasteiger partial charge in [0, 0.05) is 32.9 Å². The number of rotatable bonds is 6. The van der Waals surface area contributed by atoms with E-state index in [9.17, 15) is 0 Å². The van der Waals surface area contributed by atoms with Crippen LogP contribution in [0.15, 0.2) is 186 Å². The fourth-order valence-electron chi connectivity index (χ4n) is 6.70. The molecule has 48 heavy (non-hydrogen) atoms. The molecule has 0 unspecified atom stereocenters. The third-order valence-electron chi connectivity index (χ3n) is 9.05. The van der Waals surface area contributed by atoms with Crippen molar-refractivity contribution in [3.63, 3.8) is 0 Å². The van der Waals surface area contributed by atoms with E-state index in [4.69, 9.17) is 0 Å². The van der Waals surface area contributed by atoms with Crippen LogP contribution in [0.3, 0.4) is 0 Å². The zero-order valence-corrected chi connectivity index (χ0v) is 28.3. The van der Waals surface area contributed by atoms with Crippen molar-refractivity contribution in [1.82, 2.24) is 0 Å². The fourth-order valence-corrected chi connectivity index (χ4v) is 8.94. The molecule has 0 amide bonds. The summed E-state index contributed by atoms with van der Waals surface area (Å²) in [5.74, 6) is 0. The summed E-state index contributed by atoms with van der Waals surface area (Å²) in [6.45, 7) is 0. The maximum atomic E-state index is 2.39. The lowest BCUT2D eigenvalue weighted by Crippen LogP contribution is -2.02. The molecule has 0 atom stereocenters. The van der Waals surface area contributed by atoms with Crippen LogP contribution in [-0.4, -0.2) is 0 Å². The Bertz CT molecular complexity index is 2250. The van der Waals surface area contributed by atoms with E-state index in [2.05, 4.69) is 176 Å². The Labute approximate surface area is 291 Å². The second-order valence-electron chi connectivity index (χ2n) is 12.2. The van der Waals surface area contributed by atoms with Crippen molar-refractivity contribution in [3.8, 4) is 10.4 Å². The Balaban J connectivity index is 1.24. The molecule has 2 aliphatic rings. The van der Waals surface area contributed by atoms with Gasteiger partial charge in [0.25, 0.3) is 0 Å². The topological polar surface area (TPSA) is 0 Å². The zero-order valence-electron chi connectivity index (χ0n) is 26.7. The monoisotopic (exact) mass is 651 g/mol. The van der Waals surface area contributed by atoms with Gasteiger partial charge >= 0.3 is 0 Å². The minimum absolute atomic E-state index is 1.06. The second kappa shape index (κ2) is 14.0. The van der Waals surface area contributed by atoms with Gasteiger partial charge in [-0.2, -0.15) is 0 Å². The Morgan fingerprint density at radius 2 is 1.25 bits per heavy atom. The summed E-state index contributed by atoms with van der Waals surface area (Å²) >= 11 is 3.72. The van der Waals surface area contributed by atoms with Gasteiger partial charge in [0.1, 0.15) is 0 Å². The van der Waals surface area contributed by atoms with Gasteiger partial charge in [0.05, 0.1) is 0 Å². The molecule has 0 saturated heterocycles. The molecule has 0 fully saturated rings. The molecule has 0 spiro atoms. The average Bonchev–Trinajstić information content (AvgIpc) is 3.16. The molecule has 1 aliphatic heterocycles. The first-order valence-electron chi connectivity index (χ1n) is 16.6. The second-order valence-corrected chi connectivity index (χ2v) is 14.3. The molecule has 8 rings (SSSR count). The van der Waals surface area contributed by atoms with Crippen molar-refractivity contribution < 1.29 is 0 Å². The van der Waals surface area contributed by atoms with Crippen molar-refractivity contribution in [1.29, 1.82) is 0 Å². The van der Waals surface area contributed by atoms with Crippen molar-refractivity contribution >= 4 is 55.3 Å². The molecule has 0 radical (unpaired) electrons. The normalized spacial score (nSPS) is 16.5. The maximum Gasteiger partial charge on any atom is 0.239 e. The number of allylic oxidation sites excluding steroid dienone is 8. The third kappa shape index (κ3) is 6.42. The first kappa shape index (κ1) is 30.3. The smallest absolute Gasteiger partial charge is 0.0888 e. The summed E-state index contributed by atoms with van der Waals surface area (Å²) in [6.07, 6.45) is 15.1. The van der Waals surface area contributed by atoms with Crippen LogP contribution in [0.4, 0.5) is 0 Å². The van der Waals surface area contributed by atoms with E-state index < -0.39 is 0 Å². The first-order valence-corrected chi connectivity index (χ1v) is 18.3. The average molecular weight is 652 g/mol. The van der Waals surface area contributed by atoms with Gasteiger partial charge in [-0.3, -0.25) is 0 Å². The Morgan fingerprint density at radius 1 is 0.583 bits per heavy atom. The van der Waals surface area contributed by atoms with Gasteiger partial charge in [-0.15, -0.1) is 0 Å². The van der Waals surface area contributed by atoms with Crippen molar-refractivity contribution in [2.24, 2.45) is 0 Å². The van der Waals surface area contributed by atoms with Crippen LogP contribution in [0.1, 0.15) is 41.5 Å². The highest BCUT2D eigenvalue weighted by Crippen LogP contribution is 2.45. The van der Waals surface area contributed by atoms with Gasteiger partial charge in [-0.05, 0) is 94.2 Å². The molecule has 6 aromatic rings. The lowest BCUT2D eigenvalue weighted by Gasteiger charge is -2.23. The molecule has 0 saturated carbocycles. The fraction of sp³-hybridized carbons (Fsp3) is 0.0652. The molecular weight excluding hydrogens is 617 g/mol. The largest absolute Gasteiger partial charge is 0.239 e. The lowest BCUT2D eigenvalue weighted by molar-refractivity contribution is 0.806. The highest BCUT2D eigenvalue weighted by molar-refractivity contribution is 8.08. The maximum absolute atomic E-state index is 2.39. The summed E-state index contributed by atoms with van der Waals surface area (Å²) < 4.78 is 1.31. The van der Waals surface area contributed by atoms with Gasteiger partial charge in [-0.1, -0.05) is 145 Å². The SMILES string of the molecule is C1=C(c2ccccc2)Sc2ccccc2/C1=C/C=C1\CCCC(/C=C/c2cc(-c3ccccc3)[s+]c3ccccc23)=C1c1ccccc1. The number of hydrogen-bond acceptors (Lipinski definition) is 1. The Kier molecular flexibility index (Phi) is 8.84. The molecule has 1 aromatic heterocycles. The molecule has 2 heteroatoms. The predicted molar refractivity (Wildman–Crippen MR) is 211 cm³/mol. The van der Waals surface area contributed by atoms with Gasteiger partial charge in [0.2, 0.25) is 20.9 Å². The molecular formula is C46H35S2+. The van der Waals surface area contributed by atoms with E-state index in [1.54, 1.807) is 0 Å². The van der Waals surface area contributed by atoms with Crippen LogP contribution in [0.5, 0.6) is 0 Å². The van der Waals surface area contributed by atoms with Crippen LogP contribution >= 0.6 is 23.1 Å². The van der Waals surface area contributed by atoms with E-state index in [1.807, 2.05) is 23.1 Å². The van der Waals surface area contributed by atoms with Crippen molar-refractivity contribution in [3.05, 3.63) is 203 Å². The van der Waals surface area contributed by atoms with Crippen LogP contribution in [0, 0.1) is 0 Å². The summed E-state index contributed by atoms with van der Waals surface area (Å²) in [5.41, 5.74) is 11.8. The Hall–Kier alpha value is -5.02. The lowest BCUT2D eigenvalue weighted by atomic mass is 9.82. The van der Waals surface area contributed by atoms with Crippen LogP contribution in [-0.2, 0) is 0 Å². The number of benzene rings is 5. The third-order valence-corrected chi connectivity index (χ3v) is 11.3. The summed E-state index contributed by atoms with van der Waals surface area (Å²) in [6, 6.07) is 52.4. The van der Waals surface area contributed by atoms with Crippen LogP contribution in [0.25, 0.3) is 42.7 Å². The standard InChI is InChI=1S/C46H35S2/c1-4-15-33(16-5-1)44-31-38(40-23-10-12-25-42(40)47-44)29-27-36-21-14-22-37(46(36)35-19-8-3-9-20-35)28-30-39-32-45(34-17-6-2-7-18-34)48-43-26-13-11-24-41(39)43/h1-13,15-20,23-32H,14,21-22H2/q+1. The Morgan fingerprint density at radius 3 is 2.04 bits per heavy atom. The van der Waals surface area contributed by atoms with E-state index >= 15 is 0 Å². The van der Waals surface area contributed by atoms with E-state index in [1.165, 1.54) is 74.9 Å². The number of hydrogen-bond donors (Lipinski definition) is 0. The molecule has 0 bridgehead atoms. The molecule has 230 valence electrons. The predicted octanol–water partition coefficient (Wildman–Crippen LogP) is 13.7. The van der Waals surface area contributed by atoms with Crippen molar-refractivity contribution in [2.45, 2.75) is 24.2 Å². The summed E-state index contributed by atoms with van der Waals surface area (Å²) in [7, 11) is 0. The van der Waals surface area contributed by atoms with E-state index in [0.717, 1.165) is 19.3 Å². The highest BCUT2D eigenvalue weighted by Gasteiger charge is 2.20. The van der Waals surface area contributed by atoms with Gasteiger partial charge < -0.3 is 0 Å². The quantitative estimate of drug-likeness (QED) is 0.162.